The molecule has 0 aliphatic heterocycles. The predicted molar refractivity (Wildman–Crippen MR) is 118 cm³/mol. The number of nitrogens with one attached hydrogen (secondary N) is 1. The molecular formula is C26H31NO2. The quantitative estimate of drug-likeness (QED) is 0.379. The zero-order chi connectivity index (χ0) is 20.6. The van der Waals surface area contributed by atoms with Crippen molar-refractivity contribution in [3.63, 3.8) is 0 Å². The lowest BCUT2D eigenvalue weighted by atomic mass is 9.95. The molecule has 1 aliphatic rings. The molecule has 1 N–H and O–H groups in total. The summed E-state index contributed by atoms with van der Waals surface area (Å²) in [6, 6.07) is 13.8. The molecule has 0 aromatic heterocycles. The third-order valence-electron chi connectivity index (χ3n) is 5.26. The molecule has 1 saturated carbocycles. The third-order valence-corrected chi connectivity index (χ3v) is 5.26. The maximum Gasteiger partial charge on any atom is 0.338 e. The summed E-state index contributed by atoms with van der Waals surface area (Å²) in [7, 11) is 0. The van der Waals surface area contributed by atoms with Gasteiger partial charge in [-0.05, 0) is 79.3 Å². The lowest BCUT2D eigenvalue weighted by Gasteiger charge is -2.14. The molecule has 152 valence electrons. The van der Waals surface area contributed by atoms with E-state index in [4.69, 9.17) is 4.74 Å². The van der Waals surface area contributed by atoms with Crippen LogP contribution in [0.2, 0.25) is 0 Å². The van der Waals surface area contributed by atoms with Gasteiger partial charge in [-0.15, -0.1) is 0 Å². The summed E-state index contributed by atoms with van der Waals surface area (Å²) in [6.45, 7) is 8.67. The molecule has 1 fully saturated rings. The van der Waals surface area contributed by atoms with E-state index in [-0.39, 0.29) is 5.97 Å². The number of ether oxygens (including phenoxy) is 1. The minimum absolute atomic E-state index is 0.296. The first kappa shape index (κ1) is 21.1. The van der Waals surface area contributed by atoms with Crippen LogP contribution in [0.5, 0.6) is 0 Å². The molecule has 1 aliphatic carbocycles. The van der Waals surface area contributed by atoms with E-state index in [1.807, 2.05) is 12.1 Å². The van der Waals surface area contributed by atoms with Crippen LogP contribution >= 0.6 is 0 Å². The van der Waals surface area contributed by atoms with Gasteiger partial charge in [0, 0.05) is 17.7 Å². The number of esters is 1. The van der Waals surface area contributed by atoms with Gasteiger partial charge >= 0.3 is 5.97 Å². The van der Waals surface area contributed by atoms with E-state index >= 15 is 0 Å². The summed E-state index contributed by atoms with van der Waals surface area (Å²) in [4.78, 5) is 11.7. The van der Waals surface area contributed by atoms with E-state index in [0.29, 0.717) is 18.1 Å². The van der Waals surface area contributed by atoms with Gasteiger partial charge in [-0.25, -0.2) is 4.79 Å². The smallest absolute Gasteiger partial charge is 0.338 e. The Morgan fingerprint density at radius 1 is 1.10 bits per heavy atom. The van der Waals surface area contributed by atoms with Crippen molar-refractivity contribution in [2.24, 2.45) is 5.92 Å². The Morgan fingerprint density at radius 3 is 2.45 bits per heavy atom. The van der Waals surface area contributed by atoms with E-state index in [1.54, 1.807) is 19.1 Å². The average molecular weight is 390 g/mol. The van der Waals surface area contributed by atoms with Crippen LogP contribution in [0.25, 0.3) is 0 Å². The topological polar surface area (TPSA) is 38.3 Å². The number of carbonyl (C=O) groups excluding carboxylic acids is 1. The first-order valence-electron chi connectivity index (χ1n) is 10.7. The largest absolute Gasteiger partial charge is 0.462 e. The minimum Gasteiger partial charge on any atom is -0.462 e. The van der Waals surface area contributed by atoms with Gasteiger partial charge in [0.2, 0.25) is 0 Å². The predicted octanol–water partition coefficient (Wildman–Crippen LogP) is 5.28. The summed E-state index contributed by atoms with van der Waals surface area (Å²) in [5.74, 6) is 7.59. The van der Waals surface area contributed by atoms with Gasteiger partial charge in [0.05, 0.1) is 12.2 Å². The molecule has 0 unspecified atom stereocenters. The zero-order valence-electron chi connectivity index (χ0n) is 17.8. The number of hydrogen-bond acceptors (Lipinski definition) is 3. The van der Waals surface area contributed by atoms with Crippen molar-refractivity contribution in [2.75, 3.05) is 13.2 Å². The normalized spacial score (nSPS) is 13.1. The molecule has 0 amide bonds. The molecule has 0 heterocycles. The monoisotopic (exact) mass is 389 g/mol. The summed E-state index contributed by atoms with van der Waals surface area (Å²) in [5.41, 5.74) is 5.17. The van der Waals surface area contributed by atoms with Crippen molar-refractivity contribution >= 4 is 5.97 Å². The Balaban J connectivity index is 1.66. The minimum atomic E-state index is -0.296. The molecule has 3 nitrogen and oxygen atoms in total. The number of rotatable bonds is 8. The zero-order valence-corrected chi connectivity index (χ0v) is 17.8. The molecule has 0 radical (unpaired) electrons. The lowest BCUT2D eigenvalue weighted by molar-refractivity contribution is 0.0526. The Hall–Kier alpha value is -2.57. The standard InChI is InChI=1S/C26H31NO2/c1-4-29-26(28)23-12-9-20(10-13-23)7-8-22-11-14-24(25(17-22)19(2)3)18-27-16-15-21-5-6-21/h9-14,17,19,21,27H,4-6,15-16,18H2,1-3H3. The molecule has 0 bridgehead atoms. The molecule has 0 atom stereocenters. The molecule has 0 spiro atoms. The van der Waals surface area contributed by atoms with Crippen molar-refractivity contribution < 1.29 is 9.53 Å². The molecule has 3 heteroatoms. The van der Waals surface area contributed by atoms with Crippen molar-refractivity contribution in [3.8, 4) is 11.8 Å². The highest BCUT2D eigenvalue weighted by molar-refractivity contribution is 5.89. The van der Waals surface area contributed by atoms with Crippen LogP contribution < -0.4 is 5.32 Å². The number of carbonyl (C=O) groups is 1. The highest BCUT2D eigenvalue weighted by atomic mass is 16.5. The van der Waals surface area contributed by atoms with Gasteiger partial charge in [-0.1, -0.05) is 44.6 Å². The second kappa shape index (κ2) is 10.3. The fourth-order valence-corrected chi connectivity index (χ4v) is 3.36. The molecule has 0 saturated heterocycles. The van der Waals surface area contributed by atoms with Gasteiger partial charge in [-0.3, -0.25) is 0 Å². The third kappa shape index (κ3) is 6.48. The molecular weight excluding hydrogens is 358 g/mol. The maximum atomic E-state index is 11.7. The van der Waals surface area contributed by atoms with Crippen LogP contribution in [0.3, 0.4) is 0 Å². The molecule has 2 aromatic carbocycles. The van der Waals surface area contributed by atoms with Gasteiger partial charge in [0.25, 0.3) is 0 Å². The average Bonchev–Trinajstić information content (AvgIpc) is 3.55. The molecule has 3 rings (SSSR count). The SMILES string of the molecule is CCOC(=O)c1ccc(C#Cc2ccc(CNCCC3CC3)c(C(C)C)c2)cc1. The summed E-state index contributed by atoms with van der Waals surface area (Å²) < 4.78 is 5.01. The van der Waals surface area contributed by atoms with Crippen molar-refractivity contribution in [2.45, 2.75) is 52.5 Å². The summed E-state index contributed by atoms with van der Waals surface area (Å²) >= 11 is 0. The van der Waals surface area contributed by atoms with Crippen LogP contribution in [0.1, 0.15) is 78.6 Å². The van der Waals surface area contributed by atoms with Crippen LogP contribution in [-0.2, 0) is 11.3 Å². The van der Waals surface area contributed by atoms with Crippen LogP contribution in [0, 0.1) is 17.8 Å². The summed E-state index contributed by atoms with van der Waals surface area (Å²) in [5, 5.41) is 3.60. The van der Waals surface area contributed by atoms with E-state index in [2.05, 4.69) is 49.2 Å². The van der Waals surface area contributed by atoms with Crippen LogP contribution in [0.15, 0.2) is 42.5 Å². The summed E-state index contributed by atoms with van der Waals surface area (Å²) in [6.07, 6.45) is 4.13. The Kier molecular flexibility index (Phi) is 7.49. The molecule has 29 heavy (non-hydrogen) atoms. The van der Waals surface area contributed by atoms with E-state index < -0.39 is 0 Å². The number of hydrogen-bond donors (Lipinski definition) is 1. The van der Waals surface area contributed by atoms with E-state index in [0.717, 1.165) is 30.1 Å². The first-order chi connectivity index (χ1) is 14.1. The van der Waals surface area contributed by atoms with Gasteiger partial charge in [0.1, 0.15) is 0 Å². The second-order valence-corrected chi connectivity index (χ2v) is 8.02. The van der Waals surface area contributed by atoms with E-state index in [1.165, 1.54) is 30.4 Å². The maximum absolute atomic E-state index is 11.7. The Labute approximate surface area is 174 Å². The van der Waals surface area contributed by atoms with Gasteiger partial charge in [-0.2, -0.15) is 0 Å². The Bertz CT molecular complexity index is 883. The Morgan fingerprint density at radius 2 is 1.79 bits per heavy atom. The highest BCUT2D eigenvalue weighted by Gasteiger charge is 2.20. The van der Waals surface area contributed by atoms with Crippen molar-refractivity contribution in [3.05, 3.63) is 70.3 Å². The van der Waals surface area contributed by atoms with Crippen LogP contribution in [-0.4, -0.2) is 19.1 Å². The highest BCUT2D eigenvalue weighted by Crippen LogP contribution is 2.31. The first-order valence-corrected chi connectivity index (χ1v) is 10.7. The number of benzene rings is 2. The van der Waals surface area contributed by atoms with Crippen molar-refractivity contribution in [1.82, 2.24) is 5.32 Å². The second-order valence-electron chi connectivity index (χ2n) is 8.02. The van der Waals surface area contributed by atoms with Crippen molar-refractivity contribution in [1.29, 1.82) is 0 Å². The van der Waals surface area contributed by atoms with Gasteiger partial charge < -0.3 is 10.1 Å². The fourth-order valence-electron chi connectivity index (χ4n) is 3.36. The molecule has 2 aromatic rings. The van der Waals surface area contributed by atoms with E-state index in [9.17, 15) is 4.79 Å². The van der Waals surface area contributed by atoms with Crippen LogP contribution in [0.4, 0.5) is 0 Å². The fraction of sp³-hybridized carbons (Fsp3) is 0.423. The lowest BCUT2D eigenvalue weighted by Crippen LogP contribution is -2.16. The van der Waals surface area contributed by atoms with Gasteiger partial charge in [0.15, 0.2) is 0 Å².